The summed E-state index contributed by atoms with van der Waals surface area (Å²) >= 11 is 0. The van der Waals surface area contributed by atoms with Gasteiger partial charge in [0.1, 0.15) is 5.75 Å². The van der Waals surface area contributed by atoms with Crippen LogP contribution in [0, 0.1) is 17.0 Å². The average molecular weight is 446 g/mol. The number of hydrogen-bond acceptors (Lipinski definition) is 5. The number of nitro benzene ring substituents is 1. The minimum absolute atomic E-state index is 0.0134. The number of fused-ring (bicyclic) bond motifs is 1. The van der Waals surface area contributed by atoms with E-state index in [9.17, 15) is 36.5 Å². The zero-order chi connectivity index (χ0) is 23.1. The second-order valence-electron chi connectivity index (χ2n) is 6.38. The van der Waals surface area contributed by atoms with Crippen molar-refractivity contribution in [2.24, 2.45) is 0 Å². The molecule has 0 saturated heterocycles. The number of alkyl halides is 6. The summed E-state index contributed by atoms with van der Waals surface area (Å²) in [5, 5.41) is 11.4. The van der Waals surface area contributed by atoms with E-state index in [1.165, 1.54) is 19.2 Å². The van der Waals surface area contributed by atoms with Crippen molar-refractivity contribution in [3.63, 3.8) is 0 Å². The number of nitro groups is 1. The van der Waals surface area contributed by atoms with Gasteiger partial charge < -0.3 is 9.47 Å². The van der Waals surface area contributed by atoms with Crippen LogP contribution in [0.1, 0.15) is 16.7 Å². The van der Waals surface area contributed by atoms with Gasteiger partial charge in [0.25, 0.3) is 5.69 Å². The first-order chi connectivity index (χ1) is 14.3. The van der Waals surface area contributed by atoms with Gasteiger partial charge >= 0.3 is 12.4 Å². The zero-order valence-electron chi connectivity index (χ0n) is 15.8. The molecule has 2 aromatic carbocycles. The monoisotopic (exact) mass is 446 g/mol. The Balaban J connectivity index is 2.29. The van der Waals surface area contributed by atoms with Crippen LogP contribution in [0.15, 0.2) is 36.5 Å². The third-order valence-electron chi connectivity index (χ3n) is 4.32. The van der Waals surface area contributed by atoms with Gasteiger partial charge in [-0.15, -0.1) is 0 Å². The third kappa shape index (κ3) is 4.32. The maximum Gasteiger partial charge on any atom is 0.416 e. The number of non-ortho nitro benzene ring substituents is 1. The normalized spacial score (nSPS) is 12.1. The fourth-order valence-electron chi connectivity index (χ4n) is 2.92. The highest BCUT2D eigenvalue weighted by Gasteiger charge is 2.37. The zero-order valence-corrected chi connectivity index (χ0v) is 15.8. The second kappa shape index (κ2) is 7.60. The summed E-state index contributed by atoms with van der Waals surface area (Å²) in [6.45, 7) is 1.52. The Labute approximate surface area is 170 Å². The molecule has 0 unspecified atom stereocenters. The second-order valence-corrected chi connectivity index (χ2v) is 6.38. The number of methoxy groups -OCH3 is 1. The molecule has 12 heteroatoms. The van der Waals surface area contributed by atoms with Crippen LogP contribution in [0.5, 0.6) is 17.2 Å². The highest BCUT2D eigenvalue weighted by molar-refractivity contribution is 5.97. The van der Waals surface area contributed by atoms with E-state index in [1.54, 1.807) is 0 Å². The molecular weight excluding hydrogens is 434 g/mol. The molecule has 0 N–H and O–H groups in total. The maximum absolute atomic E-state index is 13.1. The number of ether oxygens (including phenoxy) is 2. The smallest absolute Gasteiger partial charge is 0.416 e. The first-order valence-corrected chi connectivity index (χ1v) is 8.41. The molecule has 1 aromatic heterocycles. The molecule has 164 valence electrons. The lowest BCUT2D eigenvalue weighted by Crippen LogP contribution is -2.11. The molecule has 31 heavy (non-hydrogen) atoms. The molecule has 0 fully saturated rings. The van der Waals surface area contributed by atoms with Gasteiger partial charge in [-0.3, -0.25) is 10.1 Å². The number of rotatable bonds is 4. The lowest BCUT2D eigenvalue weighted by Gasteiger charge is -2.17. The molecule has 0 amide bonds. The Morgan fingerprint density at radius 3 is 2.06 bits per heavy atom. The van der Waals surface area contributed by atoms with Crippen molar-refractivity contribution < 1.29 is 40.7 Å². The van der Waals surface area contributed by atoms with E-state index in [-0.39, 0.29) is 28.5 Å². The number of aryl methyl sites for hydroxylation is 1. The number of benzene rings is 2. The molecule has 1 heterocycles. The van der Waals surface area contributed by atoms with Crippen LogP contribution < -0.4 is 9.47 Å². The van der Waals surface area contributed by atoms with Crippen molar-refractivity contribution in [2.45, 2.75) is 19.3 Å². The van der Waals surface area contributed by atoms with E-state index < -0.39 is 39.8 Å². The Bertz CT molecular complexity index is 1140. The van der Waals surface area contributed by atoms with Crippen LogP contribution in [-0.2, 0) is 12.4 Å². The summed E-state index contributed by atoms with van der Waals surface area (Å²) < 4.78 is 89.4. The number of nitrogens with zero attached hydrogens (tertiary/aromatic N) is 2. The standard InChI is InChI=1S/C19H12F6N2O4/c1-9-3-4-26-16-13(27(28)29)8-14(30-2)17(15(9)16)31-12-6-10(18(20,21)22)5-11(7-12)19(23,24)25/h3-8H,1-2H3. The van der Waals surface area contributed by atoms with E-state index in [0.717, 1.165) is 13.2 Å². The lowest BCUT2D eigenvalue weighted by atomic mass is 10.1. The molecule has 0 spiro atoms. The molecule has 0 aliphatic carbocycles. The van der Waals surface area contributed by atoms with Crippen LogP contribution in [0.3, 0.4) is 0 Å². The van der Waals surface area contributed by atoms with Crippen LogP contribution in [-0.4, -0.2) is 17.0 Å². The minimum Gasteiger partial charge on any atom is -0.493 e. The summed E-state index contributed by atoms with van der Waals surface area (Å²) in [7, 11) is 1.12. The Kier molecular flexibility index (Phi) is 5.42. The van der Waals surface area contributed by atoms with Gasteiger partial charge in [-0.25, -0.2) is 4.98 Å². The summed E-state index contributed by atoms with van der Waals surface area (Å²) in [6, 6.07) is 3.14. The lowest BCUT2D eigenvalue weighted by molar-refractivity contribution is -0.383. The van der Waals surface area contributed by atoms with Crippen LogP contribution in [0.4, 0.5) is 32.0 Å². The van der Waals surface area contributed by atoms with Gasteiger partial charge in [-0.1, -0.05) is 0 Å². The molecular formula is C19H12F6N2O4. The van der Waals surface area contributed by atoms with E-state index in [0.29, 0.717) is 17.7 Å². The van der Waals surface area contributed by atoms with Gasteiger partial charge in [-0.05, 0) is 36.8 Å². The summed E-state index contributed by atoms with van der Waals surface area (Å²) in [6.07, 6.45) is -8.87. The number of hydrogen-bond donors (Lipinski definition) is 0. The predicted octanol–water partition coefficient (Wildman–Crippen LogP) is 6.29. The molecule has 3 aromatic rings. The highest BCUT2D eigenvalue weighted by Crippen LogP contribution is 2.45. The van der Waals surface area contributed by atoms with E-state index >= 15 is 0 Å². The molecule has 0 atom stereocenters. The highest BCUT2D eigenvalue weighted by atomic mass is 19.4. The van der Waals surface area contributed by atoms with Gasteiger partial charge in [-0.2, -0.15) is 26.3 Å². The SMILES string of the molecule is COc1cc([N+](=O)[O-])c2nccc(C)c2c1Oc1cc(C(F)(F)F)cc(C(F)(F)F)c1. The van der Waals surface area contributed by atoms with Crippen molar-refractivity contribution in [1.82, 2.24) is 4.98 Å². The third-order valence-corrected chi connectivity index (χ3v) is 4.32. The Morgan fingerprint density at radius 1 is 1.00 bits per heavy atom. The predicted molar refractivity (Wildman–Crippen MR) is 96.2 cm³/mol. The summed E-state index contributed by atoms with van der Waals surface area (Å²) in [5.74, 6) is -1.35. The summed E-state index contributed by atoms with van der Waals surface area (Å²) in [4.78, 5) is 14.6. The van der Waals surface area contributed by atoms with Crippen molar-refractivity contribution in [3.05, 3.63) is 63.3 Å². The first kappa shape index (κ1) is 22.1. The van der Waals surface area contributed by atoms with E-state index in [4.69, 9.17) is 9.47 Å². The van der Waals surface area contributed by atoms with Gasteiger partial charge in [0.05, 0.1) is 34.6 Å². The average Bonchev–Trinajstić information content (AvgIpc) is 2.66. The topological polar surface area (TPSA) is 74.5 Å². The Hall–Kier alpha value is -3.57. The van der Waals surface area contributed by atoms with E-state index in [2.05, 4.69) is 4.98 Å². The molecule has 3 rings (SSSR count). The largest absolute Gasteiger partial charge is 0.493 e. The first-order valence-electron chi connectivity index (χ1n) is 8.41. The molecule has 0 saturated carbocycles. The number of halogens is 6. The summed E-state index contributed by atoms with van der Waals surface area (Å²) in [5.41, 5.74) is -3.40. The van der Waals surface area contributed by atoms with Crippen LogP contribution >= 0.6 is 0 Å². The van der Waals surface area contributed by atoms with Crippen molar-refractivity contribution in [2.75, 3.05) is 7.11 Å². The maximum atomic E-state index is 13.1. The van der Waals surface area contributed by atoms with Gasteiger partial charge in [0.15, 0.2) is 17.0 Å². The van der Waals surface area contributed by atoms with Gasteiger partial charge in [0.2, 0.25) is 0 Å². The van der Waals surface area contributed by atoms with Crippen molar-refractivity contribution >= 4 is 16.6 Å². The molecule has 0 aliphatic rings. The minimum atomic E-state index is -5.07. The fraction of sp³-hybridized carbons (Fsp3) is 0.211. The molecule has 0 bridgehead atoms. The van der Waals surface area contributed by atoms with E-state index in [1.807, 2.05) is 0 Å². The fourth-order valence-corrected chi connectivity index (χ4v) is 2.92. The van der Waals surface area contributed by atoms with Gasteiger partial charge in [0, 0.05) is 6.20 Å². The van der Waals surface area contributed by atoms with Crippen LogP contribution in [0.25, 0.3) is 10.9 Å². The van der Waals surface area contributed by atoms with Crippen molar-refractivity contribution in [1.29, 1.82) is 0 Å². The quantitative estimate of drug-likeness (QED) is 0.268. The molecule has 0 aliphatic heterocycles. The molecule has 6 nitrogen and oxygen atoms in total. The molecule has 0 radical (unpaired) electrons. The number of aromatic nitrogens is 1. The van der Waals surface area contributed by atoms with Crippen LogP contribution in [0.2, 0.25) is 0 Å². The number of pyridine rings is 1. The Morgan fingerprint density at radius 2 is 1.58 bits per heavy atom. The van der Waals surface area contributed by atoms with Crippen molar-refractivity contribution in [3.8, 4) is 17.2 Å².